The molecule has 0 unspecified atom stereocenters. The van der Waals surface area contributed by atoms with Gasteiger partial charge in [0.25, 0.3) is 5.56 Å². The fourth-order valence-corrected chi connectivity index (χ4v) is 2.40. The van der Waals surface area contributed by atoms with E-state index >= 15 is 0 Å². The first-order valence-corrected chi connectivity index (χ1v) is 7.87. The Morgan fingerprint density at radius 3 is 2.64 bits per heavy atom. The Morgan fingerprint density at radius 2 is 2.05 bits per heavy atom. The minimum Gasteiger partial charge on any atom is -0.366 e. The van der Waals surface area contributed by atoms with Crippen LogP contribution in [-0.2, 0) is 5.75 Å². The molecule has 116 valence electrons. The maximum absolute atomic E-state index is 11.7. The Hall–Kier alpha value is -2.28. The van der Waals surface area contributed by atoms with Crippen molar-refractivity contribution >= 4 is 29.3 Å². The van der Waals surface area contributed by atoms with E-state index < -0.39 is 5.91 Å². The fourth-order valence-electron chi connectivity index (χ4n) is 1.75. The van der Waals surface area contributed by atoms with Gasteiger partial charge in [0.05, 0.1) is 5.69 Å². The molecule has 0 atom stereocenters. The zero-order chi connectivity index (χ0) is 16.1. The molecule has 0 aliphatic rings. The summed E-state index contributed by atoms with van der Waals surface area (Å²) in [5, 5.41) is 3.48. The van der Waals surface area contributed by atoms with Crippen LogP contribution in [0.3, 0.4) is 0 Å². The molecule has 0 aliphatic heterocycles. The monoisotopic (exact) mass is 318 g/mol. The highest BCUT2D eigenvalue weighted by Crippen LogP contribution is 2.17. The number of nitrogens with zero attached hydrogens (tertiary/aromatic N) is 1. The quantitative estimate of drug-likeness (QED) is 0.758. The second-order valence-corrected chi connectivity index (χ2v) is 6.58. The molecule has 0 saturated carbocycles. The van der Waals surface area contributed by atoms with Crippen LogP contribution >= 0.6 is 11.8 Å². The van der Waals surface area contributed by atoms with Gasteiger partial charge in [-0.15, -0.1) is 0 Å². The highest BCUT2D eigenvalue weighted by atomic mass is 32.2. The number of nitrogens with one attached hydrogen (secondary N) is 2. The number of aromatic amines is 1. The van der Waals surface area contributed by atoms with Crippen LogP contribution in [0.4, 0.5) is 11.6 Å². The summed E-state index contributed by atoms with van der Waals surface area (Å²) < 4.78 is 0. The van der Waals surface area contributed by atoms with Crippen LogP contribution in [-0.4, -0.2) is 21.1 Å². The summed E-state index contributed by atoms with van der Waals surface area (Å²) >= 11 is 1.72. The molecule has 2 rings (SSSR count). The minimum atomic E-state index is -0.481. The maximum atomic E-state index is 11.7. The third-order valence-electron chi connectivity index (χ3n) is 2.79. The van der Waals surface area contributed by atoms with E-state index in [4.69, 9.17) is 5.73 Å². The number of nitrogens with two attached hydrogens (primary N) is 1. The minimum absolute atomic E-state index is 0.203. The van der Waals surface area contributed by atoms with Crippen LogP contribution in [0.1, 0.15) is 29.9 Å². The number of rotatable bonds is 6. The number of hydrogen-bond acceptors (Lipinski definition) is 5. The second-order valence-electron chi connectivity index (χ2n) is 5.01. The van der Waals surface area contributed by atoms with E-state index in [1.54, 1.807) is 36.0 Å². The number of carbonyl (C=O) groups excluding carboxylic acids is 1. The molecular weight excluding hydrogens is 300 g/mol. The third-order valence-corrected chi connectivity index (χ3v) is 3.92. The van der Waals surface area contributed by atoms with Crippen LogP contribution in [0.2, 0.25) is 0 Å². The van der Waals surface area contributed by atoms with E-state index in [1.807, 2.05) is 0 Å². The van der Waals surface area contributed by atoms with Crippen LogP contribution in [0.5, 0.6) is 0 Å². The Kier molecular flexibility index (Phi) is 5.21. The molecule has 0 bridgehead atoms. The lowest BCUT2D eigenvalue weighted by molar-refractivity contribution is 0.100. The van der Waals surface area contributed by atoms with Crippen molar-refractivity contribution in [2.24, 2.45) is 5.73 Å². The predicted molar refractivity (Wildman–Crippen MR) is 89.5 cm³/mol. The van der Waals surface area contributed by atoms with Crippen molar-refractivity contribution in [3.63, 3.8) is 0 Å². The van der Waals surface area contributed by atoms with Crippen LogP contribution in [0, 0.1) is 0 Å². The zero-order valence-corrected chi connectivity index (χ0v) is 13.2. The number of hydrogen-bond donors (Lipinski definition) is 3. The topological polar surface area (TPSA) is 101 Å². The molecule has 0 aliphatic carbocycles. The van der Waals surface area contributed by atoms with Gasteiger partial charge < -0.3 is 11.1 Å². The van der Waals surface area contributed by atoms with Crippen molar-refractivity contribution in [2.45, 2.75) is 24.9 Å². The standard InChI is InChI=1S/C15H18N4O2S/c1-9(2)22-8-12-7-13(20)19-15(18-12)17-11-5-3-10(4-6-11)14(16)21/h3-7,9H,8H2,1-2H3,(H2,16,21)(H2,17,18,19,20). The third kappa shape index (κ3) is 4.63. The van der Waals surface area contributed by atoms with Crippen molar-refractivity contribution in [2.75, 3.05) is 5.32 Å². The molecule has 0 fully saturated rings. The van der Waals surface area contributed by atoms with Gasteiger partial charge in [-0.2, -0.15) is 11.8 Å². The van der Waals surface area contributed by atoms with E-state index in [1.165, 1.54) is 6.07 Å². The average molecular weight is 318 g/mol. The number of aromatic nitrogens is 2. The lowest BCUT2D eigenvalue weighted by Gasteiger charge is -2.08. The van der Waals surface area contributed by atoms with E-state index in [0.717, 1.165) is 5.69 Å². The lowest BCUT2D eigenvalue weighted by atomic mass is 10.2. The van der Waals surface area contributed by atoms with Gasteiger partial charge in [0.2, 0.25) is 11.9 Å². The molecular formula is C15H18N4O2S. The molecule has 0 spiro atoms. The van der Waals surface area contributed by atoms with Gasteiger partial charge in [0.1, 0.15) is 0 Å². The van der Waals surface area contributed by atoms with Crippen molar-refractivity contribution in [3.05, 3.63) is 51.9 Å². The van der Waals surface area contributed by atoms with Gasteiger partial charge in [0.15, 0.2) is 0 Å². The number of primary amides is 1. The number of anilines is 2. The zero-order valence-electron chi connectivity index (χ0n) is 12.4. The summed E-state index contributed by atoms with van der Waals surface area (Å²) in [6.45, 7) is 4.19. The summed E-state index contributed by atoms with van der Waals surface area (Å²) in [6, 6.07) is 8.13. The van der Waals surface area contributed by atoms with Crippen LogP contribution in [0.15, 0.2) is 35.1 Å². The summed E-state index contributed by atoms with van der Waals surface area (Å²) in [6.07, 6.45) is 0. The van der Waals surface area contributed by atoms with Crippen molar-refractivity contribution in [1.29, 1.82) is 0 Å². The smallest absolute Gasteiger partial charge is 0.252 e. The summed E-state index contributed by atoms with van der Waals surface area (Å²) in [5.41, 5.74) is 6.85. The first-order valence-electron chi connectivity index (χ1n) is 6.83. The molecule has 22 heavy (non-hydrogen) atoms. The van der Waals surface area contributed by atoms with E-state index in [9.17, 15) is 9.59 Å². The molecule has 2 aromatic rings. The Balaban J connectivity index is 2.14. The van der Waals surface area contributed by atoms with Crippen molar-refractivity contribution < 1.29 is 4.79 Å². The maximum Gasteiger partial charge on any atom is 0.252 e. The molecule has 1 aromatic heterocycles. The van der Waals surface area contributed by atoms with Crippen LogP contribution in [0.25, 0.3) is 0 Å². The number of benzene rings is 1. The van der Waals surface area contributed by atoms with E-state index in [2.05, 4.69) is 29.1 Å². The molecule has 7 heteroatoms. The number of H-pyrrole nitrogens is 1. The molecule has 1 amide bonds. The Bertz CT molecular complexity index is 710. The molecule has 0 saturated heterocycles. The fraction of sp³-hybridized carbons (Fsp3) is 0.267. The van der Waals surface area contributed by atoms with Gasteiger partial charge in [0, 0.05) is 23.1 Å². The average Bonchev–Trinajstić information content (AvgIpc) is 2.45. The Labute approximate surface area is 132 Å². The van der Waals surface area contributed by atoms with Gasteiger partial charge in [-0.1, -0.05) is 13.8 Å². The molecule has 6 nitrogen and oxygen atoms in total. The largest absolute Gasteiger partial charge is 0.366 e. The SMILES string of the molecule is CC(C)SCc1cc(=O)[nH]c(Nc2ccc(C(N)=O)cc2)n1. The lowest BCUT2D eigenvalue weighted by Crippen LogP contribution is -2.12. The summed E-state index contributed by atoms with van der Waals surface area (Å²) in [7, 11) is 0. The summed E-state index contributed by atoms with van der Waals surface area (Å²) in [5.74, 6) is 0.570. The summed E-state index contributed by atoms with van der Waals surface area (Å²) in [4.78, 5) is 29.7. The van der Waals surface area contributed by atoms with Gasteiger partial charge in [-0.3, -0.25) is 14.6 Å². The first kappa shape index (κ1) is 16.1. The number of thioether (sulfide) groups is 1. The van der Waals surface area contributed by atoms with Gasteiger partial charge >= 0.3 is 0 Å². The Morgan fingerprint density at radius 1 is 1.36 bits per heavy atom. The highest BCUT2D eigenvalue weighted by molar-refractivity contribution is 7.99. The van der Waals surface area contributed by atoms with Crippen molar-refractivity contribution in [3.8, 4) is 0 Å². The van der Waals surface area contributed by atoms with Gasteiger partial charge in [-0.05, 0) is 29.5 Å². The molecule has 1 aromatic carbocycles. The van der Waals surface area contributed by atoms with E-state index in [-0.39, 0.29) is 5.56 Å². The molecule has 4 N–H and O–H groups in total. The normalized spacial score (nSPS) is 10.7. The number of amides is 1. The van der Waals surface area contributed by atoms with Crippen LogP contribution < -0.4 is 16.6 Å². The highest BCUT2D eigenvalue weighted by Gasteiger charge is 2.05. The second kappa shape index (κ2) is 7.13. The first-order chi connectivity index (χ1) is 10.4. The molecule has 0 radical (unpaired) electrons. The number of carbonyl (C=O) groups is 1. The predicted octanol–water partition coefficient (Wildman–Crippen LogP) is 2.25. The van der Waals surface area contributed by atoms with E-state index in [0.29, 0.717) is 28.2 Å². The van der Waals surface area contributed by atoms with Crippen molar-refractivity contribution in [1.82, 2.24) is 9.97 Å². The van der Waals surface area contributed by atoms with Gasteiger partial charge in [-0.25, -0.2) is 4.98 Å². The molecule has 1 heterocycles.